The molecule has 0 saturated heterocycles. The van der Waals surface area contributed by atoms with Gasteiger partial charge in [0.25, 0.3) is 0 Å². The lowest BCUT2D eigenvalue weighted by molar-refractivity contribution is 0.146. The predicted molar refractivity (Wildman–Crippen MR) is 129 cm³/mol. The van der Waals surface area contributed by atoms with Gasteiger partial charge in [-0.3, -0.25) is 4.99 Å². The highest BCUT2D eigenvalue weighted by atomic mass is 127. The largest absolute Gasteiger partial charge is 0.494 e. The Labute approximate surface area is 191 Å². The Morgan fingerprint density at radius 2 is 1.79 bits per heavy atom. The lowest BCUT2D eigenvalue weighted by atomic mass is 10.1. The molecule has 2 aromatic rings. The zero-order valence-corrected chi connectivity index (χ0v) is 20.0. The summed E-state index contributed by atoms with van der Waals surface area (Å²) in [6.45, 7) is 7.09. The normalized spacial score (nSPS) is 10.8. The van der Waals surface area contributed by atoms with Gasteiger partial charge in [0.1, 0.15) is 18.1 Å². The molecule has 160 valence electrons. The Kier molecular flexibility index (Phi) is 12.1. The molecule has 0 radical (unpaired) electrons. The third-order valence-electron chi connectivity index (χ3n) is 4.11. The summed E-state index contributed by atoms with van der Waals surface area (Å²) in [7, 11) is 3.43. The molecule has 0 atom stereocenters. The van der Waals surface area contributed by atoms with Gasteiger partial charge in [0.2, 0.25) is 0 Å². The maximum Gasteiger partial charge on any atom is 0.191 e. The quantitative estimate of drug-likeness (QED) is 0.219. The van der Waals surface area contributed by atoms with Crippen molar-refractivity contribution in [2.45, 2.75) is 26.9 Å². The van der Waals surface area contributed by atoms with Crippen molar-refractivity contribution < 1.29 is 14.2 Å². The van der Waals surface area contributed by atoms with Crippen LogP contribution in [-0.4, -0.2) is 39.9 Å². The van der Waals surface area contributed by atoms with Gasteiger partial charge >= 0.3 is 0 Å². The van der Waals surface area contributed by atoms with Crippen molar-refractivity contribution in [1.29, 1.82) is 0 Å². The molecule has 0 unspecified atom stereocenters. The van der Waals surface area contributed by atoms with Crippen LogP contribution >= 0.6 is 24.0 Å². The number of aryl methyl sites for hydroxylation is 1. The van der Waals surface area contributed by atoms with Crippen molar-refractivity contribution in [1.82, 2.24) is 10.6 Å². The zero-order chi connectivity index (χ0) is 20.2. The van der Waals surface area contributed by atoms with Gasteiger partial charge < -0.3 is 24.8 Å². The smallest absolute Gasteiger partial charge is 0.191 e. The molecule has 0 aromatic heterocycles. The summed E-state index contributed by atoms with van der Waals surface area (Å²) in [5.74, 6) is 2.47. The molecule has 7 heteroatoms. The van der Waals surface area contributed by atoms with Gasteiger partial charge in [0.05, 0.1) is 13.2 Å². The van der Waals surface area contributed by atoms with Gasteiger partial charge in [0.15, 0.2) is 5.96 Å². The number of nitrogens with zero attached hydrogens (tertiary/aromatic N) is 1. The fourth-order valence-electron chi connectivity index (χ4n) is 2.67. The van der Waals surface area contributed by atoms with Crippen LogP contribution < -0.4 is 20.1 Å². The van der Waals surface area contributed by atoms with E-state index in [2.05, 4.69) is 46.8 Å². The average Bonchev–Trinajstić information content (AvgIpc) is 2.70. The van der Waals surface area contributed by atoms with Crippen LogP contribution in [0, 0.1) is 6.92 Å². The number of hydrogen-bond acceptors (Lipinski definition) is 4. The minimum absolute atomic E-state index is 0. The first-order valence-electron chi connectivity index (χ1n) is 9.53. The topological polar surface area (TPSA) is 64.1 Å². The van der Waals surface area contributed by atoms with Crippen molar-refractivity contribution in [3.05, 3.63) is 59.2 Å². The second-order valence-corrected chi connectivity index (χ2v) is 6.31. The maximum absolute atomic E-state index is 5.74. The molecule has 2 aromatic carbocycles. The Morgan fingerprint density at radius 3 is 2.52 bits per heavy atom. The Morgan fingerprint density at radius 1 is 1.00 bits per heavy atom. The summed E-state index contributed by atoms with van der Waals surface area (Å²) in [4.78, 5) is 4.30. The van der Waals surface area contributed by atoms with Crippen LogP contribution in [0.5, 0.6) is 11.5 Å². The summed E-state index contributed by atoms with van der Waals surface area (Å²) < 4.78 is 16.4. The monoisotopic (exact) mass is 513 g/mol. The predicted octanol–water partition coefficient (Wildman–Crippen LogP) is 3.90. The van der Waals surface area contributed by atoms with E-state index in [4.69, 9.17) is 14.2 Å². The first-order valence-corrected chi connectivity index (χ1v) is 9.53. The van der Waals surface area contributed by atoms with Crippen LogP contribution in [0.25, 0.3) is 0 Å². The van der Waals surface area contributed by atoms with Crippen molar-refractivity contribution in [3.63, 3.8) is 0 Å². The molecule has 2 N–H and O–H groups in total. The number of rotatable bonds is 10. The van der Waals surface area contributed by atoms with Gasteiger partial charge in [-0.1, -0.05) is 24.3 Å². The second kappa shape index (κ2) is 14.1. The van der Waals surface area contributed by atoms with Crippen molar-refractivity contribution in [2.75, 3.05) is 34.0 Å². The minimum atomic E-state index is 0. The third kappa shape index (κ3) is 8.91. The van der Waals surface area contributed by atoms with Gasteiger partial charge in [0, 0.05) is 32.8 Å². The van der Waals surface area contributed by atoms with E-state index in [9.17, 15) is 0 Å². The third-order valence-corrected chi connectivity index (χ3v) is 4.11. The minimum Gasteiger partial charge on any atom is -0.494 e. The summed E-state index contributed by atoms with van der Waals surface area (Å²) >= 11 is 0. The van der Waals surface area contributed by atoms with E-state index in [-0.39, 0.29) is 24.0 Å². The molecule has 0 fully saturated rings. The molecule has 0 aliphatic rings. The molecular weight excluding hydrogens is 481 g/mol. The Hall–Kier alpha value is -2.00. The molecule has 0 heterocycles. The van der Waals surface area contributed by atoms with Gasteiger partial charge in [-0.05, 0) is 43.2 Å². The SMILES string of the molecule is CCOc1cc(C)ccc1CNC(=NC)NCc1cccc(OCCOC)c1.I. The molecule has 6 nitrogen and oxygen atoms in total. The number of aliphatic imine (C=N–C) groups is 1. The number of methoxy groups -OCH3 is 1. The summed E-state index contributed by atoms with van der Waals surface area (Å²) in [6.07, 6.45) is 0. The van der Waals surface area contributed by atoms with Gasteiger partial charge in [-0.15, -0.1) is 24.0 Å². The molecule has 0 aliphatic heterocycles. The Bertz CT molecular complexity index is 769. The maximum atomic E-state index is 5.74. The van der Waals surface area contributed by atoms with Crippen LogP contribution in [0.4, 0.5) is 0 Å². The molecule has 0 spiro atoms. The second-order valence-electron chi connectivity index (χ2n) is 6.31. The van der Waals surface area contributed by atoms with E-state index in [0.717, 1.165) is 28.6 Å². The molecule has 0 amide bonds. The highest BCUT2D eigenvalue weighted by molar-refractivity contribution is 14.0. The summed E-state index contributed by atoms with van der Waals surface area (Å²) in [6, 6.07) is 14.2. The molecule has 2 rings (SSSR count). The molecule has 0 bridgehead atoms. The van der Waals surface area contributed by atoms with E-state index < -0.39 is 0 Å². The first kappa shape index (κ1) is 25.0. The van der Waals surface area contributed by atoms with Crippen molar-refractivity contribution in [3.8, 4) is 11.5 Å². The standard InChI is InChI=1S/C22H31N3O3.HI/c1-5-27-21-13-17(2)9-10-19(21)16-25-22(23-3)24-15-18-7-6-8-20(14-18)28-12-11-26-4;/h6-10,13-14H,5,11-12,15-16H2,1-4H3,(H2,23,24,25);1H. The number of hydrogen-bond donors (Lipinski definition) is 2. The fourth-order valence-corrected chi connectivity index (χ4v) is 2.67. The first-order chi connectivity index (χ1) is 13.7. The lowest BCUT2D eigenvalue weighted by Crippen LogP contribution is -2.36. The summed E-state index contributed by atoms with van der Waals surface area (Å²) in [5.41, 5.74) is 3.40. The van der Waals surface area contributed by atoms with Gasteiger partial charge in [-0.25, -0.2) is 0 Å². The lowest BCUT2D eigenvalue weighted by Gasteiger charge is -2.15. The zero-order valence-electron chi connectivity index (χ0n) is 17.7. The van der Waals surface area contributed by atoms with E-state index in [0.29, 0.717) is 32.9 Å². The van der Waals surface area contributed by atoms with Crippen molar-refractivity contribution >= 4 is 29.9 Å². The van der Waals surface area contributed by atoms with Crippen LogP contribution in [0.3, 0.4) is 0 Å². The van der Waals surface area contributed by atoms with Gasteiger partial charge in [-0.2, -0.15) is 0 Å². The number of nitrogens with one attached hydrogen (secondary N) is 2. The molecular formula is C22H32IN3O3. The summed E-state index contributed by atoms with van der Waals surface area (Å²) in [5, 5.41) is 6.67. The van der Waals surface area contributed by atoms with E-state index >= 15 is 0 Å². The number of guanidine groups is 1. The Balaban J connectivity index is 0.00000420. The van der Waals surface area contributed by atoms with E-state index in [1.165, 1.54) is 5.56 Å². The molecule has 0 aliphatic carbocycles. The van der Waals surface area contributed by atoms with Crippen LogP contribution in [0.1, 0.15) is 23.6 Å². The molecule has 0 saturated carbocycles. The van der Waals surface area contributed by atoms with E-state index in [1.807, 2.05) is 25.1 Å². The number of halogens is 1. The fraction of sp³-hybridized carbons (Fsp3) is 0.409. The van der Waals surface area contributed by atoms with Crippen LogP contribution in [0.2, 0.25) is 0 Å². The highest BCUT2D eigenvalue weighted by Crippen LogP contribution is 2.20. The average molecular weight is 513 g/mol. The number of ether oxygens (including phenoxy) is 3. The van der Waals surface area contributed by atoms with E-state index in [1.54, 1.807) is 14.2 Å². The highest BCUT2D eigenvalue weighted by Gasteiger charge is 2.06. The van der Waals surface area contributed by atoms with Crippen LogP contribution in [-0.2, 0) is 17.8 Å². The van der Waals surface area contributed by atoms with Crippen LogP contribution in [0.15, 0.2) is 47.5 Å². The number of benzene rings is 2. The van der Waals surface area contributed by atoms with Crippen molar-refractivity contribution in [2.24, 2.45) is 4.99 Å². The molecule has 29 heavy (non-hydrogen) atoms.